The molecule has 1 aromatic carbocycles. The molecular formula is C18H22ClNO3. The van der Waals surface area contributed by atoms with E-state index in [1.807, 2.05) is 18.2 Å². The molecule has 2 saturated carbocycles. The van der Waals surface area contributed by atoms with Gasteiger partial charge in [-0.1, -0.05) is 36.6 Å². The molecule has 124 valence electrons. The molecule has 3 rings (SSSR count). The fourth-order valence-corrected chi connectivity index (χ4v) is 3.47. The lowest BCUT2D eigenvalue weighted by Gasteiger charge is -2.28. The molecule has 4 nitrogen and oxygen atoms in total. The van der Waals surface area contributed by atoms with Crippen LogP contribution >= 0.6 is 11.6 Å². The molecule has 0 aliphatic heterocycles. The number of carbonyl (C=O) groups excluding carboxylic acids is 2. The third-order valence-electron chi connectivity index (χ3n) is 4.84. The molecule has 1 N–H and O–H groups in total. The second kappa shape index (κ2) is 6.91. The second-order valence-electron chi connectivity index (χ2n) is 6.61. The van der Waals surface area contributed by atoms with Crippen LogP contribution in [0.2, 0.25) is 5.02 Å². The van der Waals surface area contributed by atoms with Crippen molar-refractivity contribution < 1.29 is 14.3 Å². The molecule has 5 heteroatoms. The molecular weight excluding hydrogens is 314 g/mol. The summed E-state index contributed by atoms with van der Waals surface area (Å²) in [5.41, 5.74) is 0.369. The number of hydrogen-bond donors (Lipinski definition) is 1. The van der Waals surface area contributed by atoms with Gasteiger partial charge in [0.1, 0.15) is 6.54 Å². The summed E-state index contributed by atoms with van der Waals surface area (Å²) in [5, 5.41) is 3.40. The van der Waals surface area contributed by atoms with Crippen LogP contribution in [0.5, 0.6) is 0 Å². The van der Waals surface area contributed by atoms with Crippen molar-refractivity contribution in [2.45, 2.75) is 43.9 Å². The van der Waals surface area contributed by atoms with Gasteiger partial charge in [0, 0.05) is 5.02 Å². The molecule has 0 atom stereocenters. The Morgan fingerprint density at radius 2 is 2.00 bits per heavy atom. The van der Waals surface area contributed by atoms with E-state index in [1.54, 1.807) is 6.07 Å². The summed E-state index contributed by atoms with van der Waals surface area (Å²) in [7, 11) is 0. The standard InChI is InChI=1S/C18H22ClNO3/c19-15-5-3-4-14(10-15)18(8-1-2-9-18)17(22)20-11-16(21)23-12-13-6-7-13/h3-5,10,13H,1-2,6-9,11-12H2,(H,20,22). The Labute approximate surface area is 141 Å². The Morgan fingerprint density at radius 1 is 1.26 bits per heavy atom. The summed E-state index contributed by atoms with van der Waals surface area (Å²) < 4.78 is 5.16. The number of amides is 1. The van der Waals surface area contributed by atoms with Gasteiger partial charge >= 0.3 is 5.97 Å². The van der Waals surface area contributed by atoms with Gasteiger partial charge in [-0.3, -0.25) is 9.59 Å². The van der Waals surface area contributed by atoms with E-state index in [0.29, 0.717) is 17.5 Å². The number of halogens is 1. The predicted molar refractivity (Wildman–Crippen MR) is 88.3 cm³/mol. The van der Waals surface area contributed by atoms with E-state index in [-0.39, 0.29) is 18.4 Å². The molecule has 0 heterocycles. The maximum Gasteiger partial charge on any atom is 0.325 e. The maximum absolute atomic E-state index is 12.8. The van der Waals surface area contributed by atoms with Gasteiger partial charge < -0.3 is 10.1 Å². The van der Waals surface area contributed by atoms with Crippen LogP contribution < -0.4 is 5.32 Å². The highest BCUT2D eigenvalue weighted by molar-refractivity contribution is 6.30. The van der Waals surface area contributed by atoms with Crippen LogP contribution in [0.25, 0.3) is 0 Å². The summed E-state index contributed by atoms with van der Waals surface area (Å²) in [4.78, 5) is 24.5. The minimum absolute atomic E-state index is 0.0616. The molecule has 2 aliphatic carbocycles. The van der Waals surface area contributed by atoms with Crippen LogP contribution in [0.3, 0.4) is 0 Å². The number of rotatable bonds is 6. The van der Waals surface area contributed by atoms with Gasteiger partial charge in [0.15, 0.2) is 0 Å². The van der Waals surface area contributed by atoms with Gasteiger partial charge in [-0.25, -0.2) is 0 Å². The van der Waals surface area contributed by atoms with E-state index >= 15 is 0 Å². The Hall–Kier alpha value is -1.55. The predicted octanol–water partition coefficient (Wildman–Crippen LogP) is 3.22. The molecule has 0 spiro atoms. The minimum atomic E-state index is -0.568. The molecule has 1 amide bonds. The van der Waals surface area contributed by atoms with Gasteiger partial charge in [-0.2, -0.15) is 0 Å². The van der Waals surface area contributed by atoms with Gasteiger partial charge in [0.25, 0.3) is 0 Å². The Kier molecular flexibility index (Phi) is 4.90. The normalized spacial score (nSPS) is 19.3. The van der Waals surface area contributed by atoms with Crippen molar-refractivity contribution in [3.8, 4) is 0 Å². The quantitative estimate of drug-likeness (QED) is 0.812. The van der Waals surface area contributed by atoms with Crippen LogP contribution in [0, 0.1) is 5.92 Å². The number of hydrogen-bond acceptors (Lipinski definition) is 3. The SMILES string of the molecule is O=C(CNC(=O)C1(c2cccc(Cl)c2)CCCC1)OCC1CC1. The third kappa shape index (κ3) is 3.86. The van der Waals surface area contributed by atoms with Gasteiger partial charge in [-0.05, 0) is 49.3 Å². The minimum Gasteiger partial charge on any atom is -0.464 e. The van der Waals surface area contributed by atoms with E-state index < -0.39 is 5.41 Å². The number of benzene rings is 1. The molecule has 0 aromatic heterocycles. The molecule has 2 fully saturated rings. The average Bonchev–Trinajstić information content (AvgIpc) is 3.24. The number of nitrogens with one attached hydrogen (secondary N) is 1. The first-order chi connectivity index (χ1) is 11.1. The first kappa shape index (κ1) is 16.3. The number of ether oxygens (including phenoxy) is 1. The van der Waals surface area contributed by atoms with Gasteiger partial charge in [0.2, 0.25) is 5.91 Å². The first-order valence-electron chi connectivity index (χ1n) is 8.30. The highest BCUT2D eigenvalue weighted by Crippen LogP contribution is 2.42. The summed E-state index contributed by atoms with van der Waals surface area (Å²) in [5.74, 6) is 0.0763. The lowest BCUT2D eigenvalue weighted by molar-refractivity contribution is -0.145. The van der Waals surface area contributed by atoms with E-state index in [0.717, 1.165) is 44.1 Å². The Balaban J connectivity index is 1.63. The zero-order chi connectivity index (χ0) is 16.3. The number of esters is 1. The van der Waals surface area contributed by atoms with Crippen LogP contribution in [0.15, 0.2) is 24.3 Å². The van der Waals surface area contributed by atoms with Crippen molar-refractivity contribution in [2.75, 3.05) is 13.2 Å². The van der Waals surface area contributed by atoms with Crippen molar-refractivity contribution in [1.29, 1.82) is 0 Å². The molecule has 2 aliphatic rings. The van der Waals surface area contributed by atoms with E-state index in [9.17, 15) is 9.59 Å². The van der Waals surface area contributed by atoms with Crippen LogP contribution in [0.4, 0.5) is 0 Å². The van der Waals surface area contributed by atoms with Crippen molar-refractivity contribution in [3.63, 3.8) is 0 Å². The third-order valence-corrected chi connectivity index (χ3v) is 5.07. The molecule has 0 saturated heterocycles. The molecule has 0 bridgehead atoms. The second-order valence-corrected chi connectivity index (χ2v) is 7.05. The van der Waals surface area contributed by atoms with E-state index in [2.05, 4.69) is 5.32 Å². The fraction of sp³-hybridized carbons (Fsp3) is 0.556. The van der Waals surface area contributed by atoms with Gasteiger partial charge in [-0.15, -0.1) is 0 Å². The Bertz CT molecular complexity index is 592. The summed E-state index contributed by atoms with van der Waals surface area (Å²) in [6.45, 7) is 0.419. The van der Waals surface area contributed by atoms with Crippen molar-refractivity contribution in [2.24, 2.45) is 5.92 Å². The fourth-order valence-electron chi connectivity index (χ4n) is 3.28. The lowest BCUT2D eigenvalue weighted by atomic mass is 9.78. The summed E-state index contributed by atoms with van der Waals surface area (Å²) in [6, 6.07) is 7.48. The molecule has 0 radical (unpaired) electrons. The smallest absolute Gasteiger partial charge is 0.325 e. The van der Waals surface area contributed by atoms with Crippen molar-refractivity contribution in [1.82, 2.24) is 5.32 Å². The van der Waals surface area contributed by atoms with Crippen LogP contribution in [0.1, 0.15) is 44.1 Å². The molecule has 0 unspecified atom stereocenters. The van der Waals surface area contributed by atoms with Gasteiger partial charge in [0.05, 0.1) is 12.0 Å². The van der Waals surface area contributed by atoms with E-state index in [4.69, 9.17) is 16.3 Å². The van der Waals surface area contributed by atoms with Crippen LogP contribution in [-0.4, -0.2) is 25.0 Å². The largest absolute Gasteiger partial charge is 0.464 e. The Morgan fingerprint density at radius 3 is 2.65 bits per heavy atom. The van der Waals surface area contributed by atoms with E-state index in [1.165, 1.54) is 0 Å². The summed E-state index contributed by atoms with van der Waals surface area (Å²) in [6.07, 6.45) is 5.86. The van der Waals surface area contributed by atoms with Crippen LogP contribution in [-0.2, 0) is 19.7 Å². The maximum atomic E-state index is 12.8. The molecule has 1 aromatic rings. The zero-order valence-electron chi connectivity index (χ0n) is 13.1. The highest BCUT2D eigenvalue weighted by atomic mass is 35.5. The van der Waals surface area contributed by atoms with Crippen molar-refractivity contribution >= 4 is 23.5 Å². The highest BCUT2D eigenvalue weighted by Gasteiger charge is 2.42. The topological polar surface area (TPSA) is 55.4 Å². The zero-order valence-corrected chi connectivity index (χ0v) is 13.9. The molecule has 23 heavy (non-hydrogen) atoms. The number of carbonyl (C=O) groups is 2. The van der Waals surface area contributed by atoms with Crippen molar-refractivity contribution in [3.05, 3.63) is 34.9 Å². The first-order valence-corrected chi connectivity index (χ1v) is 8.68. The summed E-state index contributed by atoms with van der Waals surface area (Å²) >= 11 is 6.09. The monoisotopic (exact) mass is 335 g/mol. The average molecular weight is 336 g/mol. The lowest BCUT2D eigenvalue weighted by Crippen LogP contribution is -2.44.